The molecular formula is C16H14F2O2. The summed E-state index contributed by atoms with van der Waals surface area (Å²) in [6.45, 7) is 1.82. The SMILES string of the molecule is CC(CC(=O)O)c1ccc(-c2ccc(F)cc2F)cc1. The minimum Gasteiger partial charge on any atom is -0.481 e. The number of halogens is 2. The van der Waals surface area contributed by atoms with Crippen LogP contribution in [0.4, 0.5) is 8.78 Å². The molecule has 1 unspecified atom stereocenters. The molecule has 104 valence electrons. The van der Waals surface area contributed by atoms with E-state index in [1.165, 1.54) is 12.1 Å². The highest BCUT2D eigenvalue weighted by Crippen LogP contribution is 2.26. The molecule has 1 N–H and O–H groups in total. The van der Waals surface area contributed by atoms with Gasteiger partial charge < -0.3 is 5.11 Å². The lowest BCUT2D eigenvalue weighted by Crippen LogP contribution is -2.02. The highest BCUT2D eigenvalue weighted by Gasteiger charge is 2.11. The van der Waals surface area contributed by atoms with Crippen LogP contribution >= 0.6 is 0 Å². The van der Waals surface area contributed by atoms with Crippen LogP contribution in [-0.2, 0) is 4.79 Å². The Morgan fingerprint density at radius 1 is 1.15 bits per heavy atom. The van der Waals surface area contributed by atoms with Crippen LogP contribution in [0.2, 0.25) is 0 Å². The van der Waals surface area contributed by atoms with Gasteiger partial charge in [-0.3, -0.25) is 4.79 Å². The molecule has 2 rings (SSSR count). The fraction of sp³-hybridized carbons (Fsp3) is 0.188. The molecule has 0 aliphatic carbocycles. The Kier molecular flexibility index (Phi) is 4.13. The zero-order chi connectivity index (χ0) is 14.7. The first-order chi connectivity index (χ1) is 9.47. The number of carboxylic acid groups (broad SMARTS) is 1. The van der Waals surface area contributed by atoms with E-state index in [0.29, 0.717) is 11.1 Å². The van der Waals surface area contributed by atoms with E-state index in [-0.39, 0.29) is 12.3 Å². The van der Waals surface area contributed by atoms with E-state index in [1.54, 1.807) is 24.3 Å². The number of hydrogen-bond acceptors (Lipinski definition) is 1. The second-order valence-corrected chi connectivity index (χ2v) is 4.75. The molecular weight excluding hydrogens is 262 g/mol. The lowest BCUT2D eigenvalue weighted by atomic mass is 9.95. The van der Waals surface area contributed by atoms with Crippen LogP contribution in [0.5, 0.6) is 0 Å². The average Bonchev–Trinajstić information content (AvgIpc) is 2.38. The topological polar surface area (TPSA) is 37.3 Å². The van der Waals surface area contributed by atoms with Gasteiger partial charge in [0.05, 0.1) is 6.42 Å². The summed E-state index contributed by atoms with van der Waals surface area (Å²) in [4.78, 5) is 10.7. The van der Waals surface area contributed by atoms with Crippen LogP contribution in [-0.4, -0.2) is 11.1 Å². The minimum absolute atomic E-state index is 0.0459. The first kappa shape index (κ1) is 14.2. The van der Waals surface area contributed by atoms with Crippen LogP contribution in [0.25, 0.3) is 11.1 Å². The lowest BCUT2D eigenvalue weighted by molar-refractivity contribution is -0.137. The summed E-state index contributed by atoms with van der Waals surface area (Å²) in [6, 6.07) is 10.4. The second-order valence-electron chi connectivity index (χ2n) is 4.75. The Morgan fingerprint density at radius 3 is 2.35 bits per heavy atom. The monoisotopic (exact) mass is 276 g/mol. The standard InChI is InChI=1S/C16H14F2O2/c1-10(8-16(19)20)11-2-4-12(5-3-11)14-7-6-13(17)9-15(14)18/h2-7,9-10H,8H2,1H3,(H,19,20). The van der Waals surface area contributed by atoms with Crippen molar-refractivity contribution in [3.8, 4) is 11.1 Å². The molecule has 0 fully saturated rings. The van der Waals surface area contributed by atoms with Crippen molar-refractivity contribution < 1.29 is 18.7 Å². The molecule has 2 aromatic carbocycles. The average molecular weight is 276 g/mol. The summed E-state index contributed by atoms with van der Waals surface area (Å²) in [5.74, 6) is -2.19. The zero-order valence-electron chi connectivity index (χ0n) is 10.9. The van der Waals surface area contributed by atoms with Crippen LogP contribution in [0.3, 0.4) is 0 Å². The Morgan fingerprint density at radius 2 is 1.80 bits per heavy atom. The third-order valence-electron chi connectivity index (χ3n) is 3.20. The fourth-order valence-corrected chi connectivity index (χ4v) is 2.09. The molecule has 0 aliphatic rings. The van der Waals surface area contributed by atoms with E-state index >= 15 is 0 Å². The Balaban J connectivity index is 2.25. The molecule has 0 saturated carbocycles. The van der Waals surface area contributed by atoms with Crippen molar-refractivity contribution >= 4 is 5.97 Å². The van der Waals surface area contributed by atoms with Crippen LogP contribution in [0.15, 0.2) is 42.5 Å². The fourth-order valence-electron chi connectivity index (χ4n) is 2.09. The van der Waals surface area contributed by atoms with Crippen molar-refractivity contribution in [2.75, 3.05) is 0 Å². The third kappa shape index (κ3) is 3.20. The van der Waals surface area contributed by atoms with Gasteiger partial charge in [-0.1, -0.05) is 31.2 Å². The van der Waals surface area contributed by atoms with Crippen molar-refractivity contribution in [3.63, 3.8) is 0 Å². The normalized spacial score (nSPS) is 12.2. The molecule has 20 heavy (non-hydrogen) atoms. The van der Waals surface area contributed by atoms with Crippen LogP contribution in [0.1, 0.15) is 24.8 Å². The van der Waals surface area contributed by atoms with Crippen LogP contribution < -0.4 is 0 Å². The van der Waals surface area contributed by atoms with Gasteiger partial charge in [-0.25, -0.2) is 8.78 Å². The zero-order valence-corrected chi connectivity index (χ0v) is 10.9. The summed E-state index contributed by atoms with van der Waals surface area (Å²) in [7, 11) is 0. The molecule has 0 aliphatic heterocycles. The number of carboxylic acids is 1. The summed E-state index contributed by atoms with van der Waals surface area (Å²) in [5, 5.41) is 8.76. The maximum absolute atomic E-state index is 13.6. The molecule has 4 heteroatoms. The van der Waals surface area contributed by atoms with E-state index in [0.717, 1.165) is 11.6 Å². The number of rotatable bonds is 4. The molecule has 0 radical (unpaired) electrons. The van der Waals surface area contributed by atoms with Gasteiger partial charge in [-0.05, 0) is 29.2 Å². The van der Waals surface area contributed by atoms with Gasteiger partial charge in [0, 0.05) is 11.6 Å². The Labute approximate surface area is 115 Å². The largest absolute Gasteiger partial charge is 0.481 e. The summed E-state index contributed by atoms with van der Waals surface area (Å²) in [6.07, 6.45) is 0.0459. The van der Waals surface area contributed by atoms with Crippen molar-refractivity contribution in [3.05, 3.63) is 59.7 Å². The highest BCUT2D eigenvalue weighted by atomic mass is 19.1. The van der Waals surface area contributed by atoms with Crippen molar-refractivity contribution in [2.24, 2.45) is 0 Å². The van der Waals surface area contributed by atoms with Crippen LogP contribution in [0, 0.1) is 11.6 Å². The summed E-state index contributed by atoms with van der Waals surface area (Å²) in [5.41, 5.74) is 1.83. The van der Waals surface area contributed by atoms with E-state index in [4.69, 9.17) is 5.11 Å². The second kappa shape index (κ2) is 5.82. The molecule has 2 nitrogen and oxygen atoms in total. The minimum atomic E-state index is -0.855. The van der Waals surface area contributed by atoms with Crippen molar-refractivity contribution in [2.45, 2.75) is 19.3 Å². The predicted octanol–water partition coefficient (Wildman–Crippen LogP) is 4.21. The van der Waals surface area contributed by atoms with E-state index < -0.39 is 17.6 Å². The first-order valence-electron chi connectivity index (χ1n) is 6.24. The molecule has 0 heterocycles. The molecule has 1 atom stereocenters. The van der Waals surface area contributed by atoms with Crippen molar-refractivity contribution in [1.29, 1.82) is 0 Å². The lowest BCUT2D eigenvalue weighted by Gasteiger charge is -2.10. The number of carbonyl (C=O) groups is 1. The number of benzene rings is 2. The molecule has 0 amide bonds. The first-order valence-corrected chi connectivity index (χ1v) is 6.24. The number of hydrogen-bond donors (Lipinski definition) is 1. The van der Waals surface area contributed by atoms with Crippen molar-refractivity contribution in [1.82, 2.24) is 0 Å². The Hall–Kier alpha value is -2.23. The highest BCUT2D eigenvalue weighted by molar-refractivity contribution is 5.68. The molecule has 2 aromatic rings. The van der Waals surface area contributed by atoms with E-state index in [1.807, 2.05) is 6.92 Å². The summed E-state index contributed by atoms with van der Waals surface area (Å²) >= 11 is 0. The van der Waals surface area contributed by atoms with Gasteiger partial charge in [0.1, 0.15) is 11.6 Å². The maximum Gasteiger partial charge on any atom is 0.303 e. The van der Waals surface area contributed by atoms with E-state index in [9.17, 15) is 13.6 Å². The Bertz CT molecular complexity index is 621. The molecule has 0 bridgehead atoms. The molecule has 0 aromatic heterocycles. The maximum atomic E-state index is 13.6. The smallest absolute Gasteiger partial charge is 0.303 e. The summed E-state index contributed by atoms with van der Waals surface area (Å²) < 4.78 is 26.5. The van der Waals surface area contributed by atoms with Gasteiger partial charge >= 0.3 is 5.97 Å². The molecule has 0 spiro atoms. The predicted molar refractivity (Wildman–Crippen MR) is 72.5 cm³/mol. The number of aliphatic carboxylic acids is 1. The van der Waals surface area contributed by atoms with Gasteiger partial charge in [0.15, 0.2) is 0 Å². The quantitative estimate of drug-likeness (QED) is 0.908. The molecule has 0 saturated heterocycles. The van der Waals surface area contributed by atoms with E-state index in [2.05, 4.69) is 0 Å². The third-order valence-corrected chi connectivity index (χ3v) is 3.20. The van der Waals surface area contributed by atoms with Gasteiger partial charge in [0.25, 0.3) is 0 Å². The van der Waals surface area contributed by atoms with Gasteiger partial charge in [0.2, 0.25) is 0 Å². The van der Waals surface area contributed by atoms with Gasteiger partial charge in [-0.15, -0.1) is 0 Å². The van der Waals surface area contributed by atoms with Gasteiger partial charge in [-0.2, -0.15) is 0 Å².